The normalized spacial score (nSPS) is 10.9. The van der Waals surface area contributed by atoms with E-state index in [0.717, 1.165) is 11.3 Å². The molecule has 0 saturated heterocycles. The predicted octanol–water partition coefficient (Wildman–Crippen LogP) is 3.59. The lowest BCUT2D eigenvalue weighted by Gasteiger charge is -2.04. The molecule has 0 spiro atoms. The maximum Gasteiger partial charge on any atom is 0.339 e. The fourth-order valence-electron chi connectivity index (χ4n) is 1.74. The van der Waals surface area contributed by atoms with Gasteiger partial charge in [-0.1, -0.05) is 11.8 Å². The first kappa shape index (κ1) is 16.5. The Morgan fingerprint density at radius 1 is 1.50 bits per heavy atom. The highest BCUT2D eigenvalue weighted by molar-refractivity contribution is 7.99. The molecule has 2 rings (SSSR count). The number of aromatic carboxylic acids is 1. The maximum absolute atomic E-state index is 12.4. The van der Waals surface area contributed by atoms with Crippen molar-refractivity contribution >= 4 is 35.0 Å². The van der Waals surface area contributed by atoms with Crippen LogP contribution in [0.1, 0.15) is 31.6 Å². The molecule has 0 fully saturated rings. The van der Waals surface area contributed by atoms with E-state index in [0.29, 0.717) is 11.8 Å². The molecule has 0 atom stereocenters. The molecule has 0 aromatic carbocycles. The molecule has 2 aromatic heterocycles. The number of carbonyl (C=O) groups excluding carboxylic acids is 1. The third kappa shape index (κ3) is 3.86. The molecule has 2 N–H and O–H groups in total. The Balaban J connectivity index is 2.03. The fourth-order valence-corrected chi connectivity index (χ4v) is 3.36. The van der Waals surface area contributed by atoms with E-state index in [1.807, 2.05) is 0 Å². The first-order chi connectivity index (χ1) is 10.4. The highest BCUT2D eigenvalue weighted by Gasteiger charge is 2.18. The summed E-state index contributed by atoms with van der Waals surface area (Å²) in [4.78, 5) is 23.3. The van der Waals surface area contributed by atoms with Crippen LogP contribution in [0.15, 0.2) is 26.8 Å². The number of thiophene rings is 1. The third-order valence-electron chi connectivity index (χ3n) is 2.67. The molecule has 2 heterocycles. The van der Waals surface area contributed by atoms with E-state index in [4.69, 9.17) is 9.52 Å². The van der Waals surface area contributed by atoms with Gasteiger partial charge in [0, 0.05) is 4.90 Å². The lowest BCUT2D eigenvalue weighted by molar-refractivity contribution is 0.0694. The summed E-state index contributed by atoms with van der Waals surface area (Å²) < 4.78 is 30.0. The van der Waals surface area contributed by atoms with E-state index in [1.54, 1.807) is 5.38 Å². The molecule has 0 radical (unpaired) electrons. The first-order valence-corrected chi connectivity index (χ1v) is 7.77. The van der Waals surface area contributed by atoms with Crippen LogP contribution >= 0.6 is 23.1 Å². The SMILES string of the molecule is Cc1oc(CNC(=O)c2sccc2SC(F)F)cc1C(=O)O. The highest BCUT2D eigenvalue weighted by atomic mass is 32.2. The van der Waals surface area contributed by atoms with Crippen LogP contribution in [0.25, 0.3) is 0 Å². The minimum Gasteiger partial charge on any atom is -0.478 e. The lowest BCUT2D eigenvalue weighted by Crippen LogP contribution is -2.22. The van der Waals surface area contributed by atoms with Crippen molar-refractivity contribution in [3.05, 3.63) is 39.5 Å². The molecular weight excluding hydrogens is 336 g/mol. The third-order valence-corrected chi connectivity index (χ3v) is 4.49. The van der Waals surface area contributed by atoms with Gasteiger partial charge in [-0.3, -0.25) is 4.79 Å². The summed E-state index contributed by atoms with van der Waals surface area (Å²) in [5.74, 6) is -3.71. The van der Waals surface area contributed by atoms with E-state index < -0.39 is 17.6 Å². The monoisotopic (exact) mass is 347 g/mol. The molecule has 0 saturated carbocycles. The highest BCUT2D eigenvalue weighted by Crippen LogP contribution is 2.31. The Morgan fingerprint density at radius 3 is 2.82 bits per heavy atom. The molecule has 22 heavy (non-hydrogen) atoms. The van der Waals surface area contributed by atoms with Gasteiger partial charge in [0.15, 0.2) is 0 Å². The summed E-state index contributed by atoms with van der Waals surface area (Å²) in [6.07, 6.45) is 0. The Hall–Kier alpha value is -1.87. The van der Waals surface area contributed by atoms with Gasteiger partial charge in [-0.15, -0.1) is 11.3 Å². The van der Waals surface area contributed by atoms with Crippen molar-refractivity contribution < 1.29 is 27.9 Å². The number of carboxylic acid groups (broad SMARTS) is 1. The van der Waals surface area contributed by atoms with Gasteiger partial charge >= 0.3 is 5.97 Å². The summed E-state index contributed by atoms with van der Waals surface area (Å²) in [7, 11) is 0. The second-order valence-electron chi connectivity index (χ2n) is 4.16. The zero-order valence-electron chi connectivity index (χ0n) is 11.3. The number of carbonyl (C=O) groups is 2. The molecule has 0 aliphatic heterocycles. The average molecular weight is 347 g/mol. The number of aryl methyl sites for hydroxylation is 1. The number of alkyl halides is 2. The van der Waals surface area contributed by atoms with Crippen molar-refractivity contribution in [2.75, 3.05) is 0 Å². The second-order valence-corrected chi connectivity index (χ2v) is 6.11. The van der Waals surface area contributed by atoms with E-state index >= 15 is 0 Å². The number of furan rings is 1. The lowest BCUT2D eigenvalue weighted by atomic mass is 10.2. The van der Waals surface area contributed by atoms with Gasteiger partial charge in [-0.2, -0.15) is 8.78 Å². The minimum atomic E-state index is -2.60. The van der Waals surface area contributed by atoms with E-state index in [-0.39, 0.29) is 33.4 Å². The maximum atomic E-state index is 12.4. The quantitative estimate of drug-likeness (QED) is 0.781. The number of hydrogen-bond donors (Lipinski definition) is 2. The number of amides is 1. The molecule has 9 heteroatoms. The van der Waals surface area contributed by atoms with E-state index in [9.17, 15) is 18.4 Å². The molecule has 0 aliphatic carbocycles. The van der Waals surface area contributed by atoms with Gasteiger partial charge in [0.05, 0.1) is 6.54 Å². The molecule has 1 amide bonds. The van der Waals surface area contributed by atoms with Gasteiger partial charge in [-0.25, -0.2) is 4.79 Å². The number of carboxylic acids is 1. The molecule has 5 nitrogen and oxygen atoms in total. The zero-order chi connectivity index (χ0) is 16.3. The van der Waals surface area contributed by atoms with Crippen molar-refractivity contribution in [1.82, 2.24) is 5.32 Å². The Labute approximate surface area is 132 Å². The van der Waals surface area contributed by atoms with Crippen molar-refractivity contribution in [2.24, 2.45) is 0 Å². The van der Waals surface area contributed by atoms with Crippen molar-refractivity contribution in [3.8, 4) is 0 Å². The van der Waals surface area contributed by atoms with Crippen LogP contribution in [0.4, 0.5) is 8.78 Å². The topological polar surface area (TPSA) is 79.5 Å². The van der Waals surface area contributed by atoms with Crippen LogP contribution in [0.5, 0.6) is 0 Å². The smallest absolute Gasteiger partial charge is 0.339 e. The summed E-state index contributed by atoms with van der Waals surface area (Å²) in [5, 5.41) is 13.0. The van der Waals surface area contributed by atoms with Gasteiger partial charge in [-0.05, 0) is 24.4 Å². The van der Waals surface area contributed by atoms with Crippen molar-refractivity contribution in [1.29, 1.82) is 0 Å². The molecular formula is C13H11F2NO4S2. The molecule has 0 aliphatic rings. The van der Waals surface area contributed by atoms with Gasteiger partial charge in [0.25, 0.3) is 11.7 Å². The number of rotatable bonds is 6. The Morgan fingerprint density at radius 2 is 2.23 bits per heavy atom. The Bertz CT molecular complexity index is 696. The van der Waals surface area contributed by atoms with Gasteiger partial charge < -0.3 is 14.8 Å². The number of thioether (sulfide) groups is 1. The van der Waals surface area contributed by atoms with Crippen molar-refractivity contribution in [2.45, 2.75) is 24.1 Å². The summed E-state index contributed by atoms with van der Waals surface area (Å²) in [6, 6.07) is 2.77. The largest absolute Gasteiger partial charge is 0.478 e. The molecule has 2 aromatic rings. The predicted molar refractivity (Wildman–Crippen MR) is 77.8 cm³/mol. The first-order valence-electron chi connectivity index (χ1n) is 6.01. The number of nitrogens with one attached hydrogen (secondary N) is 1. The van der Waals surface area contributed by atoms with E-state index in [1.165, 1.54) is 19.1 Å². The van der Waals surface area contributed by atoms with Crippen LogP contribution < -0.4 is 5.32 Å². The average Bonchev–Trinajstić information content (AvgIpc) is 3.02. The molecule has 0 unspecified atom stereocenters. The fraction of sp³-hybridized carbons (Fsp3) is 0.231. The van der Waals surface area contributed by atoms with Crippen LogP contribution in [0.2, 0.25) is 0 Å². The van der Waals surface area contributed by atoms with Crippen LogP contribution in [-0.2, 0) is 6.54 Å². The Kier molecular flexibility index (Phi) is 5.19. The number of hydrogen-bond acceptors (Lipinski definition) is 5. The summed E-state index contributed by atoms with van der Waals surface area (Å²) in [6.45, 7) is 1.48. The second kappa shape index (κ2) is 6.93. The van der Waals surface area contributed by atoms with Gasteiger partial charge in [0.2, 0.25) is 0 Å². The zero-order valence-corrected chi connectivity index (χ0v) is 12.9. The standard InChI is InChI=1S/C13H11F2NO4S2/c1-6-8(12(18)19)4-7(20-6)5-16-11(17)10-9(2-3-21-10)22-13(14)15/h2-4,13H,5H2,1H3,(H,16,17)(H,18,19). The molecule has 118 valence electrons. The summed E-state index contributed by atoms with van der Waals surface area (Å²) in [5.41, 5.74) is 0.0225. The van der Waals surface area contributed by atoms with E-state index in [2.05, 4.69) is 5.32 Å². The van der Waals surface area contributed by atoms with Crippen LogP contribution in [-0.4, -0.2) is 22.7 Å². The number of halogens is 2. The van der Waals surface area contributed by atoms with Crippen LogP contribution in [0, 0.1) is 6.92 Å². The van der Waals surface area contributed by atoms with Crippen LogP contribution in [0.3, 0.4) is 0 Å². The van der Waals surface area contributed by atoms with Crippen molar-refractivity contribution in [3.63, 3.8) is 0 Å². The van der Waals surface area contributed by atoms with Gasteiger partial charge in [0.1, 0.15) is 22.0 Å². The molecule has 0 bridgehead atoms. The summed E-state index contributed by atoms with van der Waals surface area (Å²) >= 11 is 1.36. The minimum absolute atomic E-state index is 0.0225.